The number of esters is 1. The van der Waals surface area contributed by atoms with Gasteiger partial charge in [-0.1, -0.05) is 94.1 Å². The summed E-state index contributed by atoms with van der Waals surface area (Å²) in [7, 11) is 1.31. The number of amides is 1. The molecule has 204 valence electrons. The zero-order valence-corrected chi connectivity index (χ0v) is 23.0. The molecule has 0 aromatic heterocycles. The second-order valence-electron chi connectivity index (χ2n) is 8.55. The zero-order chi connectivity index (χ0) is 27.0. The topological polar surface area (TPSA) is 59.0 Å². The van der Waals surface area contributed by atoms with Crippen LogP contribution in [0.4, 0.5) is 13.2 Å². The number of benzene rings is 1. The Kier molecular flexibility index (Phi) is 15.8. The van der Waals surface area contributed by atoms with E-state index in [-0.39, 0.29) is 22.2 Å². The molecule has 0 aliphatic carbocycles. The lowest BCUT2D eigenvalue weighted by Crippen LogP contribution is -2.27. The minimum Gasteiger partial charge on any atom is -0.461 e. The molecule has 0 unspecified atom stereocenters. The van der Waals surface area contributed by atoms with E-state index in [4.69, 9.17) is 16.3 Å². The Morgan fingerprint density at radius 2 is 1.58 bits per heavy atom. The first-order valence-corrected chi connectivity index (χ1v) is 14.0. The molecule has 0 fully saturated rings. The molecule has 1 aromatic carbocycles. The van der Waals surface area contributed by atoms with Crippen molar-refractivity contribution in [3.63, 3.8) is 0 Å². The van der Waals surface area contributed by atoms with Crippen LogP contribution in [0.5, 0.6) is 0 Å². The maximum atomic E-state index is 13.3. The lowest BCUT2D eigenvalue weighted by Gasteiger charge is -2.16. The van der Waals surface area contributed by atoms with E-state index in [2.05, 4.69) is 12.0 Å². The molecule has 0 spiro atoms. The van der Waals surface area contributed by atoms with Crippen LogP contribution in [0, 0.1) is 0 Å². The molecule has 0 radical (unpaired) electrons. The minimum atomic E-state index is -4.65. The molecule has 0 heterocycles. The van der Waals surface area contributed by atoms with Crippen LogP contribution in [0.15, 0.2) is 23.3 Å². The summed E-state index contributed by atoms with van der Waals surface area (Å²) in [5.41, 5.74) is -1.18. The number of rotatable bonds is 15. The number of hydrazone groups is 1. The molecule has 10 heteroatoms. The van der Waals surface area contributed by atoms with Gasteiger partial charge < -0.3 is 4.74 Å². The van der Waals surface area contributed by atoms with Gasteiger partial charge in [0.15, 0.2) is 0 Å². The highest BCUT2D eigenvalue weighted by atomic mass is 35.5. The van der Waals surface area contributed by atoms with Gasteiger partial charge in [0, 0.05) is 12.1 Å². The second-order valence-corrected chi connectivity index (χ2v) is 10.1. The highest BCUT2D eigenvalue weighted by Gasteiger charge is 2.34. The number of halogens is 4. The SMILES string of the molecule is CCCCCCCCCCCCSC(=NN(C)C(=O)Cc1ccc(Cl)cc1C(F)(F)F)C(=O)OCC. The Bertz CT molecular complexity index is 850. The van der Waals surface area contributed by atoms with Gasteiger partial charge in [0.2, 0.25) is 11.0 Å². The van der Waals surface area contributed by atoms with Crippen LogP contribution in [-0.4, -0.2) is 41.3 Å². The van der Waals surface area contributed by atoms with Gasteiger partial charge in [0.1, 0.15) is 0 Å². The number of thioether (sulfide) groups is 1. The van der Waals surface area contributed by atoms with E-state index in [0.717, 1.165) is 30.3 Å². The van der Waals surface area contributed by atoms with Gasteiger partial charge >= 0.3 is 12.1 Å². The van der Waals surface area contributed by atoms with E-state index in [1.54, 1.807) is 6.92 Å². The van der Waals surface area contributed by atoms with Crippen molar-refractivity contribution in [3.05, 3.63) is 34.3 Å². The summed E-state index contributed by atoms with van der Waals surface area (Å²) < 4.78 is 45.1. The number of alkyl halides is 3. The number of hydrogen-bond acceptors (Lipinski definition) is 5. The van der Waals surface area contributed by atoms with Crippen LogP contribution in [0.2, 0.25) is 5.02 Å². The second kappa shape index (κ2) is 17.7. The average molecular weight is 551 g/mol. The molecule has 1 rings (SSSR count). The van der Waals surface area contributed by atoms with E-state index in [1.165, 1.54) is 75.9 Å². The fraction of sp³-hybridized carbons (Fsp3) is 0.654. The van der Waals surface area contributed by atoms with Crippen molar-refractivity contribution in [2.24, 2.45) is 5.10 Å². The first-order chi connectivity index (χ1) is 17.1. The summed E-state index contributed by atoms with van der Waals surface area (Å²) in [6, 6.07) is 3.27. The number of likely N-dealkylation sites (N-methyl/N-ethyl adjacent to an activating group) is 1. The lowest BCUT2D eigenvalue weighted by molar-refractivity contribution is -0.138. The Hall–Kier alpha value is -1.74. The van der Waals surface area contributed by atoms with Crippen molar-refractivity contribution in [1.82, 2.24) is 5.01 Å². The first-order valence-electron chi connectivity index (χ1n) is 12.6. The molecule has 0 aliphatic heterocycles. The molecule has 0 N–H and O–H groups in total. The van der Waals surface area contributed by atoms with Crippen LogP contribution in [0.25, 0.3) is 0 Å². The van der Waals surface area contributed by atoms with Crippen LogP contribution >= 0.6 is 23.4 Å². The Balaban J connectivity index is 2.63. The summed E-state index contributed by atoms with van der Waals surface area (Å²) in [6.07, 6.45) is 6.72. The Morgan fingerprint density at radius 3 is 2.14 bits per heavy atom. The number of hydrogen-bond donors (Lipinski definition) is 0. The van der Waals surface area contributed by atoms with Crippen molar-refractivity contribution in [2.45, 2.75) is 90.7 Å². The zero-order valence-electron chi connectivity index (χ0n) is 21.5. The first kappa shape index (κ1) is 32.3. The Morgan fingerprint density at radius 1 is 1.00 bits per heavy atom. The Labute approximate surface area is 222 Å². The summed E-state index contributed by atoms with van der Waals surface area (Å²) >= 11 is 6.90. The third-order valence-electron chi connectivity index (χ3n) is 5.51. The van der Waals surface area contributed by atoms with Crippen molar-refractivity contribution in [2.75, 3.05) is 19.4 Å². The van der Waals surface area contributed by atoms with Gasteiger partial charge in [-0.2, -0.15) is 18.3 Å². The number of nitrogens with zero attached hydrogens (tertiary/aromatic N) is 2. The lowest BCUT2D eigenvalue weighted by atomic mass is 10.0. The van der Waals surface area contributed by atoms with Gasteiger partial charge in [-0.05, 0) is 36.8 Å². The van der Waals surface area contributed by atoms with Crippen molar-refractivity contribution in [1.29, 1.82) is 0 Å². The quantitative estimate of drug-likeness (QED) is 0.0732. The van der Waals surface area contributed by atoms with E-state index in [9.17, 15) is 22.8 Å². The number of unbranched alkanes of at least 4 members (excludes halogenated alkanes) is 9. The smallest absolute Gasteiger partial charge is 0.416 e. The molecule has 0 bridgehead atoms. The largest absolute Gasteiger partial charge is 0.461 e. The van der Waals surface area contributed by atoms with E-state index in [0.29, 0.717) is 5.75 Å². The molecule has 0 aliphatic rings. The summed E-state index contributed by atoms with van der Waals surface area (Å²) in [5.74, 6) is -0.716. The summed E-state index contributed by atoms with van der Waals surface area (Å²) in [5, 5.41) is 4.90. The number of ether oxygens (including phenoxy) is 1. The molecule has 5 nitrogen and oxygen atoms in total. The fourth-order valence-electron chi connectivity index (χ4n) is 3.52. The molecule has 0 atom stereocenters. The molecule has 36 heavy (non-hydrogen) atoms. The third-order valence-corrected chi connectivity index (χ3v) is 6.76. The molecule has 1 aromatic rings. The molecular weight excluding hydrogens is 513 g/mol. The van der Waals surface area contributed by atoms with Crippen molar-refractivity contribution in [3.8, 4) is 0 Å². The average Bonchev–Trinajstić information content (AvgIpc) is 2.82. The van der Waals surface area contributed by atoms with E-state index >= 15 is 0 Å². The van der Waals surface area contributed by atoms with Crippen LogP contribution in [0.1, 0.15) is 89.2 Å². The predicted molar refractivity (Wildman–Crippen MR) is 141 cm³/mol. The normalized spacial score (nSPS) is 12.0. The van der Waals surface area contributed by atoms with Gasteiger partial charge in [0.25, 0.3) is 0 Å². The molecule has 0 saturated carbocycles. The van der Waals surface area contributed by atoms with Crippen molar-refractivity contribution >= 4 is 40.3 Å². The standard InChI is InChI=1S/C26H38ClF3N2O3S/c1-4-6-7-8-9-10-11-12-13-14-17-36-24(25(34)35-5-2)31-32(3)23(33)18-20-15-16-21(27)19-22(20)26(28,29)30/h15-16,19H,4-14,17-18H2,1-3H3. The third kappa shape index (κ3) is 13.0. The predicted octanol–water partition coefficient (Wildman–Crippen LogP) is 7.89. The highest BCUT2D eigenvalue weighted by molar-refractivity contribution is 8.15. The summed E-state index contributed by atoms with van der Waals surface area (Å²) in [4.78, 5) is 24.9. The van der Waals surface area contributed by atoms with E-state index in [1.807, 2.05) is 0 Å². The van der Waals surface area contributed by atoms with Crippen LogP contribution < -0.4 is 0 Å². The van der Waals surface area contributed by atoms with Gasteiger partial charge in [-0.15, -0.1) is 0 Å². The van der Waals surface area contributed by atoms with Crippen LogP contribution in [-0.2, 0) is 26.9 Å². The van der Waals surface area contributed by atoms with Crippen molar-refractivity contribution < 1.29 is 27.5 Å². The van der Waals surface area contributed by atoms with Gasteiger partial charge in [-0.3, -0.25) is 4.79 Å². The van der Waals surface area contributed by atoms with Gasteiger partial charge in [-0.25, -0.2) is 9.80 Å². The van der Waals surface area contributed by atoms with Crippen LogP contribution in [0.3, 0.4) is 0 Å². The highest BCUT2D eigenvalue weighted by Crippen LogP contribution is 2.34. The fourth-order valence-corrected chi connectivity index (χ4v) is 4.59. The number of carbonyl (C=O) groups excluding carboxylic acids is 2. The van der Waals surface area contributed by atoms with Gasteiger partial charge in [0.05, 0.1) is 18.6 Å². The number of carbonyl (C=O) groups is 2. The maximum absolute atomic E-state index is 13.3. The monoisotopic (exact) mass is 550 g/mol. The van der Waals surface area contributed by atoms with E-state index < -0.39 is 30.0 Å². The molecular formula is C26H38ClF3N2O3S. The maximum Gasteiger partial charge on any atom is 0.416 e. The minimum absolute atomic E-state index is 0.00998. The molecule has 0 saturated heterocycles. The molecule has 1 amide bonds. The summed E-state index contributed by atoms with van der Waals surface area (Å²) in [6.45, 7) is 4.02.